The number of benzene rings is 3. The monoisotopic (exact) mass is 424 g/mol. The number of fused-ring (bicyclic) bond motifs is 2. The average molecular weight is 425 g/mol. The van der Waals surface area contributed by atoms with Crippen LogP contribution in [0.4, 0.5) is 0 Å². The summed E-state index contributed by atoms with van der Waals surface area (Å²) in [5.74, 6) is 0.778. The molecule has 0 saturated heterocycles. The lowest BCUT2D eigenvalue weighted by molar-refractivity contribution is 0.306. The van der Waals surface area contributed by atoms with Crippen molar-refractivity contribution in [3.8, 4) is 17.0 Å². The normalized spacial score (nSPS) is 11.3. The Morgan fingerprint density at radius 2 is 1.81 bits per heavy atom. The van der Waals surface area contributed by atoms with Gasteiger partial charge in [0.1, 0.15) is 18.1 Å². The van der Waals surface area contributed by atoms with Crippen molar-refractivity contribution < 1.29 is 4.74 Å². The van der Waals surface area contributed by atoms with E-state index < -0.39 is 0 Å². The van der Waals surface area contributed by atoms with Crippen LogP contribution in [-0.4, -0.2) is 21.1 Å². The Labute approximate surface area is 185 Å². The van der Waals surface area contributed by atoms with E-state index in [1.54, 1.807) is 0 Å². The summed E-state index contributed by atoms with van der Waals surface area (Å²) >= 11 is 0. The summed E-state index contributed by atoms with van der Waals surface area (Å²) in [5, 5.41) is 0.961. The summed E-state index contributed by atoms with van der Waals surface area (Å²) in [4.78, 5) is 20.5. The zero-order chi connectivity index (χ0) is 21.9. The molecular formula is C26H24N4O2. The summed E-state index contributed by atoms with van der Waals surface area (Å²) in [5.41, 5.74) is 10.4. The molecule has 160 valence electrons. The fraction of sp³-hybridized carbons (Fsp3) is 0.154. The number of nitrogens with two attached hydrogens (primary N) is 1. The fourth-order valence-corrected chi connectivity index (χ4v) is 3.95. The van der Waals surface area contributed by atoms with Crippen LogP contribution in [0.2, 0.25) is 0 Å². The van der Waals surface area contributed by atoms with Gasteiger partial charge >= 0.3 is 0 Å². The standard InChI is InChI=1S/C26H24N4O2/c27-13-6-14-30-16-21(25-26(31)29-23-10-5-4-9-22(23)28-25)20-12-11-19(15-24(20)30)32-17-18-7-2-1-3-8-18/h1-5,7-12,15-16H,6,13-14,17,27H2,(H,29,31). The van der Waals surface area contributed by atoms with E-state index in [9.17, 15) is 4.79 Å². The first kappa shape index (κ1) is 20.0. The van der Waals surface area contributed by atoms with E-state index in [2.05, 4.69) is 14.5 Å². The van der Waals surface area contributed by atoms with Crippen LogP contribution in [0, 0.1) is 0 Å². The van der Waals surface area contributed by atoms with Crippen LogP contribution >= 0.6 is 0 Å². The second kappa shape index (κ2) is 8.69. The van der Waals surface area contributed by atoms with Crippen LogP contribution in [0.15, 0.2) is 83.8 Å². The molecule has 0 atom stereocenters. The minimum Gasteiger partial charge on any atom is -0.489 e. The van der Waals surface area contributed by atoms with E-state index >= 15 is 0 Å². The van der Waals surface area contributed by atoms with E-state index in [-0.39, 0.29) is 5.56 Å². The molecule has 0 aliphatic rings. The number of nitrogens with zero attached hydrogens (tertiary/aromatic N) is 2. The third-order valence-electron chi connectivity index (χ3n) is 5.56. The second-order valence-corrected chi connectivity index (χ2v) is 7.76. The first-order valence-electron chi connectivity index (χ1n) is 10.7. The van der Waals surface area contributed by atoms with Crippen molar-refractivity contribution in [2.45, 2.75) is 19.6 Å². The minimum absolute atomic E-state index is 0.203. The maximum Gasteiger partial charge on any atom is 0.275 e. The molecule has 0 saturated carbocycles. The number of rotatable bonds is 7. The molecule has 6 heteroatoms. The number of aromatic amines is 1. The molecule has 3 aromatic carbocycles. The molecule has 32 heavy (non-hydrogen) atoms. The molecule has 2 aromatic heterocycles. The molecule has 0 bridgehead atoms. The molecule has 5 aromatic rings. The zero-order valence-electron chi connectivity index (χ0n) is 17.6. The number of hydrogen-bond donors (Lipinski definition) is 2. The highest BCUT2D eigenvalue weighted by Crippen LogP contribution is 2.31. The summed E-state index contributed by atoms with van der Waals surface area (Å²) in [6, 6.07) is 23.6. The van der Waals surface area contributed by atoms with Crippen molar-refractivity contribution in [1.29, 1.82) is 0 Å². The Morgan fingerprint density at radius 3 is 2.66 bits per heavy atom. The molecule has 6 nitrogen and oxygen atoms in total. The van der Waals surface area contributed by atoms with Crippen LogP contribution in [0.25, 0.3) is 33.2 Å². The zero-order valence-corrected chi connectivity index (χ0v) is 17.6. The molecular weight excluding hydrogens is 400 g/mol. The van der Waals surface area contributed by atoms with Crippen molar-refractivity contribution in [2.75, 3.05) is 6.54 Å². The van der Waals surface area contributed by atoms with Crippen molar-refractivity contribution >= 4 is 21.9 Å². The van der Waals surface area contributed by atoms with Gasteiger partial charge in [-0.15, -0.1) is 0 Å². The molecule has 0 aliphatic carbocycles. The van der Waals surface area contributed by atoms with Gasteiger partial charge in [-0.3, -0.25) is 4.79 Å². The van der Waals surface area contributed by atoms with Gasteiger partial charge < -0.3 is 20.0 Å². The number of H-pyrrole nitrogens is 1. The van der Waals surface area contributed by atoms with E-state index in [0.29, 0.717) is 18.8 Å². The predicted molar refractivity (Wildman–Crippen MR) is 128 cm³/mol. The number of para-hydroxylation sites is 2. The molecule has 0 amide bonds. The first-order valence-corrected chi connectivity index (χ1v) is 10.7. The maximum absolute atomic E-state index is 12.9. The summed E-state index contributed by atoms with van der Waals surface area (Å²) in [6.07, 6.45) is 2.83. The van der Waals surface area contributed by atoms with Crippen molar-refractivity contribution in [3.63, 3.8) is 0 Å². The lowest BCUT2D eigenvalue weighted by atomic mass is 10.1. The number of nitrogens with one attached hydrogen (secondary N) is 1. The van der Waals surface area contributed by atoms with Gasteiger partial charge in [0.15, 0.2) is 0 Å². The van der Waals surface area contributed by atoms with Gasteiger partial charge in [0.25, 0.3) is 5.56 Å². The van der Waals surface area contributed by atoms with Crippen molar-refractivity contribution in [3.05, 3.63) is 94.9 Å². The number of ether oxygens (including phenoxy) is 1. The van der Waals surface area contributed by atoms with Gasteiger partial charge in [-0.25, -0.2) is 4.98 Å². The third-order valence-corrected chi connectivity index (χ3v) is 5.56. The van der Waals surface area contributed by atoms with Crippen molar-refractivity contribution in [1.82, 2.24) is 14.5 Å². The molecule has 5 rings (SSSR count). The summed E-state index contributed by atoms with van der Waals surface area (Å²) in [6.45, 7) is 1.84. The number of aromatic nitrogens is 3. The lowest BCUT2D eigenvalue weighted by Crippen LogP contribution is -2.11. The Hall–Kier alpha value is -3.90. The molecule has 3 N–H and O–H groups in total. The molecule has 0 spiro atoms. The van der Waals surface area contributed by atoms with Crippen LogP contribution in [0.1, 0.15) is 12.0 Å². The molecule has 0 aliphatic heterocycles. The minimum atomic E-state index is -0.203. The molecule has 0 unspecified atom stereocenters. The van der Waals surface area contributed by atoms with Crippen LogP contribution in [-0.2, 0) is 13.2 Å². The van der Waals surface area contributed by atoms with Gasteiger partial charge in [0.05, 0.1) is 16.6 Å². The van der Waals surface area contributed by atoms with E-state index in [1.807, 2.05) is 79.0 Å². The molecule has 0 radical (unpaired) electrons. The first-order chi connectivity index (χ1) is 15.7. The van der Waals surface area contributed by atoms with E-state index in [1.165, 1.54) is 0 Å². The SMILES string of the molecule is NCCCn1cc(-c2nc3ccccc3[nH]c2=O)c2ccc(OCc3ccccc3)cc21. The van der Waals surface area contributed by atoms with Crippen LogP contribution < -0.4 is 16.0 Å². The summed E-state index contributed by atoms with van der Waals surface area (Å²) < 4.78 is 8.16. The maximum atomic E-state index is 12.9. The Kier molecular flexibility index (Phi) is 5.44. The number of aryl methyl sites for hydroxylation is 1. The van der Waals surface area contributed by atoms with Crippen LogP contribution in [0.5, 0.6) is 5.75 Å². The third kappa shape index (κ3) is 3.88. The summed E-state index contributed by atoms with van der Waals surface area (Å²) in [7, 11) is 0. The van der Waals surface area contributed by atoms with Gasteiger partial charge in [0, 0.05) is 29.8 Å². The smallest absolute Gasteiger partial charge is 0.275 e. The van der Waals surface area contributed by atoms with Gasteiger partial charge in [-0.05, 0) is 42.8 Å². The Bertz CT molecular complexity index is 1440. The van der Waals surface area contributed by atoms with Gasteiger partial charge in [-0.1, -0.05) is 42.5 Å². The van der Waals surface area contributed by atoms with Gasteiger partial charge in [0.2, 0.25) is 0 Å². The molecule has 0 fully saturated rings. The van der Waals surface area contributed by atoms with Crippen LogP contribution in [0.3, 0.4) is 0 Å². The Balaban J connectivity index is 1.57. The lowest BCUT2D eigenvalue weighted by Gasteiger charge is -2.08. The van der Waals surface area contributed by atoms with Gasteiger partial charge in [-0.2, -0.15) is 0 Å². The second-order valence-electron chi connectivity index (χ2n) is 7.76. The van der Waals surface area contributed by atoms with Crippen molar-refractivity contribution in [2.24, 2.45) is 5.73 Å². The van der Waals surface area contributed by atoms with E-state index in [0.717, 1.165) is 51.8 Å². The van der Waals surface area contributed by atoms with E-state index in [4.69, 9.17) is 10.5 Å². The quantitative estimate of drug-likeness (QED) is 0.404. The average Bonchev–Trinajstić information content (AvgIpc) is 3.19. The topological polar surface area (TPSA) is 85.9 Å². The number of hydrogen-bond acceptors (Lipinski definition) is 4. The largest absolute Gasteiger partial charge is 0.489 e. The molecule has 2 heterocycles. The highest BCUT2D eigenvalue weighted by atomic mass is 16.5. The highest BCUT2D eigenvalue weighted by molar-refractivity contribution is 5.96. The predicted octanol–water partition coefficient (Wildman–Crippen LogP) is 4.47. The highest BCUT2D eigenvalue weighted by Gasteiger charge is 2.16. The Morgan fingerprint density at radius 1 is 1.00 bits per heavy atom. The fourth-order valence-electron chi connectivity index (χ4n) is 3.95.